The topological polar surface area (TPSA) is 72.8 Å². The lowest BCUT2D eigenvalue weighted by Gasteiger charge is -2.16. The maximum Gasteiger partial charge on any atom is 0.305 e. The number of hydrogen-bond donors (Lipinski definition) is 1. The third-order valence-electron chi connectivity index (χ3n) is 5.68. The summed E-state index contributed by atoms with van der Waals surface area (Å²) < 4.78 is 76.0. The van der Waals surface area contributed by atoms with Crippen LogP contribution in [0, 0.1) is 40.9 Å². The highest BCUT2D eigenvalue weighted by Crippen LogP contribution is 2.34. The number of ether oxygens (including phenoxy) is 2. The van der Waals surface area contributed by atoms with Crippen molar-refractivity contribution in [1.29, 1.82) is 0 Å². The molecule has 2 rings (SSSR count). The summed E-state index contributed by atoms with van der Waals surface area (Å²) in [5.41, 5.74) is 0. The lowest BCUT2D eigenvalue weighted by Crippen LogP contribution is -2.18. The molecule has 1 aliphatic carbocycles. The van der Waals surface area contributed by atoms with E-state index in [2.05, 4.69) is 9.47 Å². The van der Waals surface area contributed by atoms with Gasteiger partial charge in [0.25, 0.3) is 0 Å². The molecule has 1 N–H and O–H groups in total. The molecule has 3 atom stereocenters. The molecule has 1 aromatic rings. The van der Waals surface area contributed by atoms with Gasteiger partial charge in [-0.2, -0.15) is 8.78 Å². The SMILES string of the molecule is COC(=O)CCCCCC[C@H]1C(=O)CC[C@@H]1/C=C/[C@H](O)COc1c(F)c(F)c(F)c(F)c1F. The first-order chi connectivity index (χ1) is 15.7. The van der Waals surface area contributed by atoms with Crippen molar-refractivity contribution in [3.8, 4) is 5.75 Å². The van der Waals surface area contributed by atoms with Crippen molar-refractivity contribution in [2.75, 3.05) is 13.7 Å². The first kappa shape index (κ1) is 26.8. The predicted molar refractivity (Wildman–Crippen MR) is 108 cm³/mol. The van der Waals surface area contributed by atoms with Crippen LogP contribution in [0.4, 0.5) is 22.0 Å². The highest BCUT2D eigenvalue weighted by atomic mass is 19.2. The number of methoxy groups -OCH3 is 1. The second-order valence-electron chi connectivity index (χ2n) is 7.97. The first-order valence-corrected chi connectivity index (χ1v) is 10.8. The van der Waals surface area contributed by atoms with Crippen LogP contribution in [0.25, 0.3) is 0 Å². The van der Waals surface area contributed by atoms with E-state index in [9.17, 15) is 36.6 Å². The molecule has 0 heterocycles. The third-order valence-corrected chi connectivity index (χ3v) is 5.68. The number of allylic oxidation sites excluding steroid dienone is 1. The van der Waals surface area contributed by atoms with Crippen LogP contribution < -0.4 is 4.74 Å². The van der Waals surface area contributed by atoms with E-state index in [1.54, 1.807) is 6.08 Å². The molecule has 1 aromatic carbocycles. The molecule has 0 spiro atoms. The fraction of sp³-hybridized carbons (Fsp3) is 0.565. The Balaban J connectivity index is 1.84. The number of halogens is 5. The van der Waals surface area contributed by atoms with Crippen molar-refractivity contribution in [3.63, 3.8) is 0 Å². The van der Waals surface area contributed by atoms with Crippen LogP contribution in [0.1, 0.15) is 51.4 Å². The van der Waals surface area contributed by atoms with E-state index >= 15 is 0 Å². The van der Waals surface area contributed by atoms with Crippen LogP contribution in [0.2, 0.25) is 0 Å². The van der Waals surface area contributed by atoms with E-state index in [-0.39, 0.29) is 23.6 Å². The molecule has 0 unspecified atom stereocenters. The average Bonchev–Trinajstić information content (AvgIpc) is 3.16. The molecule has 0 aliphatic heterocycles. The Morgan fingerprint density at radius 3 is 2.27 bits per heavy atom. The normalized spacial score (nSPS) is 19.3. The standard InChI is InChI=1S/C23H27F5O5/c1-32-17(31)7-5-3-2-4-6-15-13(9-11-16(15)30)8-10-14(29)12-33-23-21(27)19(25)18(24)20(26)22(23)28/h8,10,13-15,29H,2-7,9,11-12H2,1H3/b10-8+/t13-,14-,15+/m0/s1. The Bertz CT molecular complexity index is 844. The van der Waals surface area contributed by atoms with Gasteiger partial charge < -0.3 is 14.6 Å². The lowest BCUT2D eigenvalue weighted by atomic mass is 9.89. The number of hydrogen-bond acceptors (Lipinski definition) is 5. The van der Waals surface area contributed by atoms with Crippen LogP contribution in [0.3, 0.4) is 0 Å². The van der Waals surface area contributed by atoms with Crippen LogP contribution >= 0.6 is 0 Å². The summed E-state index contributed by atoms with van der Waals surface area (Å²) in [5, 5.41) is 10.00. The second kappa shape index (κ2) is 12.7. The molecule has 184 valence electrons. The first-order valence-electron chi connectivity index (χ1n) is 10.8. The summed E-state index contributed by atoms with van der Waals surface area (Å²) in [6, 6.07) is 0. The molecule has 0 saturated heterocycles. The highest BCUT2D eigenvalue weighted by molar-refractivity contribution is 5.83. The molecular weight excluding hydrogens is 451 g/mol. The number of aliphatic hydroxyl groups is 1. The van der Waals surface area contributed by atoms with Crippen molar-refractivity contribution in [2.45, 2.75) is 57.5 Å². The van der Waals surface area contributed by atoms with Crippen LogP contribution in [0.5, 0.6) is 5.75 Å². The van der Waals surface area contributed by atoms with E-state index in [0.717, 1.165) is 19.3 Å². The van der Waals surface area contributed by atoms with Crippen molar-refractivity contribution in [1.82, 2.24) is 0 Å². The number of carbonyl (C=O) groups excluding carboxylic acids is 2. The van der Waals surface area contributed by atoms with Gasteiger partial charge in [0.1, 0.15) is 18.5 Å². The van der Waals surface area contributed by atoms with E-state index in [1.165, 1.54) is 13.2 Å². The summed E-state index contributed by atoms with van der Waals surface area (Å²) in [6.07, 6.45) is 6.75. The maximum absolute atomic E-state index is 13.6. The van der Waals surface area contributed by atoms with Gasteiger partial charge in [0, 0.05) is 18.8 Å². The Morgan fingerprint density at radius 2 is 1.64 bits per heavy atom. The highest BCUT2D eigenvalue weighted by Gasteiger charge is 2.32. The minimum atomic E-state index is -2.29. The van der Waals surface area contributed by atoms with Crippen molar-refractivity contribution in [2.24, 2.45) is 11.8 Å². The van der Waals surface area contributed by atoms with Crippen LogP contribution in [-0.4, -0.2) is 36.7 Å². The predicted octanol–water partition coefficient (Wildman–Crippen LogP) is 4.79. The molecule has 33 heavy (non-hydrogen) atoms. The van der Waals surface area contributed by atoms with E-state index in [4.69, 9.17) is 0 Å². The Kier molecular flexibility index (Phi) is 10.3. The van der Waals surface area contributed by atoms with Crippen molar-refractivity contribution >= 4 is 11.8 Å². The third kappa shape index (κ3) is 7.25. The number of ketones is 1. The van der Waals surface area contributed by atoms with Gasteiger partial charge in [0.05, 0.1) is 7.11 Å². The summed E-state index contributed by atoms with van der Waals surface area (Å²) in [5.74, 6) is -12.7. The summed E-state index contributed by atoms with van der Waals surface area (Å²) >= 11 is 0. The molecule has 1 aliphatic rings. The van der Waals surface area contributed by atoms with E-state index in [1.807, 2.05) is 0 Å². The Labute approximate surface area is 188 Å². The lowest BCUT2D eigenvalue weighted by molar-refractivity contribution is -0.140. The molecule has 1 saturated carbocycles. The number of esters is 1. The van der Waals surface area contributed by atoms with Crippen molar-refractivity contribution in [3.05, 3.63) is 41.2 Å². The smallest absolute Gasteiger partial charge is 0.305 e. The molecule has 0 amide bonds. The van der Waals surface area contributed by atoms with Crippen LogP contribution in [-0.2, 0) is 14.3 Å². The van der Waals surface area contributed by atoms with E-state index < -0.39 is 47.5 Å². The van der Waals surface area contributed by atoms with Gasteiger partial charge in [0.2, 0.25) is 29.1 Å². The minimum Gasteiger partial charge on any atom is -0.484 e. The zero-order chi connectivity index (χ0) is 24.5. The largest absolute Gasteiger partial charge is 0.484 e. The fourth-order valence-electron chi connectivity index (χ4n) is 3.84. The molecule has 5 nitrogen and oxygen atoms in total. The monoisotopic (exact) mass is 478 g/mol. The van der Waals surface area contributed by atoms with Gasteiger partial charge in [-0.1, -0.05) is 31.4 Å². The molecule has 0 aromatic heterocycles. The van der Waals surface area contributed by atoms with Crippen molar-refractivity contribution < 1.29 is 46.1 Å². The van der Waals surface area contributed by atoms with Gasteiger partial charge in [0.15, 0.2) is 5.75 Å². The number of aliphatic hydroxyl groups excluding tert-OH is 1. The number of Topliss-reactive ketones (excluding diaryl/α,β-unsaturated/α-hetero) is 1. The number of unbranched alkanes of at least 4 members (excludes halogenated alkanes) is 3. The van der Waals surface area contributed by atoms with Gasteiger partial charge in [-0.05, 0) is 25.2 Å². The zero-order valence-corrected chi connectivity index (χ0v) is 18.2. The van der Waals surface area contributed by atoms with Gasteiger partial charge in [-0.25, -0.2) is 13.2 Å². The van der Waals surface area contributed by atoms with Crippen LogP contribution in [0.15, 0.2) is 12.2 Å². The number of benzene rings is 1. The maximum atomic E-state index is 13.6. The summed E-state index contributed by atoms with van der Waals surface area (Å²) in [7, 11) is 1.34. The quantitative estimate of drug-likeness (QED) is 0.117. The number of carbonyl (C=O) groups is 2. The van der Waals surface area contributed by atoms with E-state index in [0.29, 0.717) is 32.1 Å². The van der Waals surface area contributed by atoms with Gasteiger partial charge in [-0.15, -0.1) is 0 Å². The Hall–Kier alpha value is -2.49. The molecule has 0 bridgehead atoms. The summed E-state index contributed by atoms with van der Waals surface area (Å²) in [6.45, 7) is -0.736. The molecule has 10 heteroatoms. The zero-order valence-electron chi connectivity index (χ0n) is 18.2. The Morgan fingerprint density at radius 1 is 1.03 bits per heavy atom. The van der Waals surface area contributed by atoms with Gasteiger partial charge >= 0.3 is 5.97 Å². The van der Waals surface area contributed by atoms with Gasteiger partial charge in [-0.3, -0.25) is 9.59 Å². The molecule has 1 fully saturated rings. The average molecular weight is 478 g/mol. The fourth-order valence-corrected chi connectivity index (χ4v) is 3.84. The number of rotatable bonds is 12. The molecular formula is C23H27F5O5. The minimum absolute atomic E-state index is 0.117. The molecule has 0 radical (unpaired) electrons. The summed E-state index contributed by atoms with van der Waals surface area (Å²) in [4.78, 5) is 23.3. The second-order valence-corrected chi connectivity index (χ2v) is 7.97.